The number of rotatable bonds is 8. The van der Waals surface area contributed by atoms with Gasteiger partial charge in [-0.2, -0.15) is 0 Å². The second kappa shape index (κ2) is 11.4. The summed E-state index contributed by atoms with van der Waals surface area (Å²) in [5.74, 6) is -0.781. The van der Waals surface area contributed by atoms with Crippen molar-refractivity contribution in [3.8, 4) is 5.75 Å². The van der Waals surface area contributed by atoms with Crippen LogP contribution in [0.2, 0.25) is 0 Å². The van der Waals surface area contributed by atoms with Gasteiger partial charge in [0.1, 0.15) is 11.8 Å². The van der Waals surface area contributed by atoms with E-state index in [-0.39, 0.29) is 24.0 Å². The number of benzene rings is 1. The SMILES string of the molecule is CCCCOc1ccccc1C(=O)NC(=S)N1CCNC(=O)C1CC(=O)OCC. The number of unbranched alkanes of at least 4 members (excludes halogenated alkanes) is 1. The lowest BCUT2D eigenvalue weighted by Crippen LogP contribution is -2.60. The maximum Gasteiger partial charge on any atom is 0.308 e. The van der Waals surface area contributed by atoms with Crippen LogP contribution >= 0.6 is 12.2 Å². The molecule has 1 aromatic rings. The van der Waals surface area contributed by atoms with Crippen LogP contribution in [0, 0.1) is 0 Å². The zero-order valence-electron chi connectivity index (χ0n) is 16.7. The zero-order chi connectivity index (χ0) is 21.2. The van der Waals surface area contributed by atoms with Gasteiger partial charge in [-0.3, -0.25) is 19.7 Å². The molecule has 1 fully saturated rings. The fraction of sp³-hybridized carbons (Fsp3) is 0.500. The van der Waals surface area contributed by atoms with E-state index < -0.39 is 17.9 Å². The molecule has 8 nitrogen and oxygen atoms in total. The van der Waals surface area contributed by atoms with Gasteiger partial charge in [0.25, 0.3) is 5.91 Å². The van der Waals surface area contributed by atoms with Gasteiger partial charge in [-0.15, -0.1) is 0 Å². The fourth-order valence-corrected chi connectivity index (χ4v) is 3.19. The van der Waals surface area contributed by atoms with Gasteiger partial charge in [-0.05, 0) is 37.7 Å². The van der Waals surface area contributed by atoms with E-state index in [1.54, 1.807) is 36.1 Å². The van der Waals surface area contributed by atoms with E-state index in [4.69, 9.17) is 21.7 Å². The second-order valence-corrected chi connectivity index (χ2v) is 6.85. The minimum Gasteiger partial charge on any atom is -0.493 e. The predicted molar refractivity (Wildman–Crippen MR) is 112 cm³/mol. The standard InChI is InChI=1S/C20H27N3O5S/c1-3-5-12-28-16-9-7-6-8-14(16)18(25)22-20(29)23-11-10-21-19(26)15(23)13-17(24)27-4-2/h6-9,15H,3-5,10-13H2,1-2H3,(H,21,26)(H,22,25,29). The highest BCUT2D eigenvalue weighted by atomic mass is 32.1. The maximum absolute atomic E-state index is 12.8. The van der Waals surface area contributed by atoms with E-state index in [1.807, 2.05) is 0 Å². The van der Waals surface area contributed by atoms with Crippen LogP contribution in [0.4, 0.5) is 0 Å². The lowest BCUT2D eigenvalue weighted by molar-refractivity contribution is -0.147. The van der Waals surface area contributed by atoms with Crippen LogP contribution in [0.15, 0.2) is 24.3 Å². The van der Waals surface area contributed by atoms with E-state index >= 15 is 0 Å². The molecule has 29 heavy (non-hydrogen) atoms. The summed E-state index contributed by atoms with van der Waals surface area (Å²) in [6, 6.07) is 6.08. The van der Waals surface area contributed by atoms with E-state index in [0.29, 0.717) is 31.0 Å². The molecular weight excluding hydrogens is 394 g/mol. The summed E-state index contributed by atoms with van der Waals surface area (Å²) in [4.78, 5) is 38.4. The number of hydrogen-bond donors (Lipinski definition) is 2. The van der Waals surface area contributed by atoms with Crippen molar-refractivity contribution in [2.75, 3.05) is 26.3 Å². The number of thiocarbonyl (C=S) groups is 1. The molecule has 1 saturated heterocycles. The van der Waals surface area contributed by atoms with Crippen molar-refractivity contribution in [1.29, 1.82) is 0 Å². The molecule has 2 amide bonds. The lowest BCUT2D eigenvalue weighted by atomic mass is 10.1. The van der Waals surface area contributed by atoms with Crippen molar-refractivity contribution in [3.63, 3.8) is 0 Å². The number of piperazine rings is 1. The number of nitrogens with one attached hydrogen (secondary N) is 2. The largest absolute Gasteiger partial charge is 0.493 e. The first-order chi connectivity index (χ1) is 14.0. The molecule has 0 saturated carbocycles. The first kappa shape index (κ1) is 22.6. The number of carbonyl (C=O) groups excluding carboxylic acids is 3. The molecule has 0 radical (unpaired) electrons. The van der Waals surface area contributed by atoms with Gasteiger partial charge in [0, 0.05) is 13.1 Å². The summed E-state index contributed by atoms with van der Waals surface area (Å²) in [6.45, 7) is 5.24. The molecule has 9 heteroatoms. The summed E-state index contributed by atoms with van der Waals surface area (Å²) < 4.78 is 10.6. The number of nitrogens with zero attached hydrogens (tertiary/aromatic N) is 1. The minimum absolute atomic E-state index is 0.0857. The van der Waals surface area contributed by atoms with Crippen LogP contribution in [-0.4, -0.2) is 60.1 Å². The Labute approximate surface area is 175 Å². The molecular formula is C20H27N3O5S. The lowest BCUT2D eigenvalue weighted by Gasteiger charge is -2.36. The molecule has 1 aliphatic heterocycles. The third-order valence-corrected chi connectivity index (χ3v) is 4.70. The summed E-state index contributed by atoms with van der Waals surface area (Å²) in [5.41, 5.74) is 0.356. The summed E-state index contributed by atoms with van der Waals surface area (Å²) in [7, 11) is 0. The highest BCUT2D eigenvalue weighted by molar-refractivity contribution is 7.80. The van der Waals surface area contributed by atoms with Crippen LogP contribution in [-0.2, 0) is 14.3 Å². The van der Waals surface area contributed by atoms with Crippen LogP contribution in [0.1, 0.15) is 43.5 Å². The first-order valence-electron chi connectivity index (χ1n) is 9.75. The van der Waals surface area contributed by atoms with Gasteiger partial charge in [0.05, 0.1) is 25.2 Å². The third-order valence-electron chi connectivity index (χ3n) is 4.36. The van der Waals surface area contributed by atoms with E-state index in [0.717, 1.165) is 12.8 Å². The smallest absolute Gasteiger partial charge is 0.308 e. The van der Waals surface area contributed by atoms with E-state index in [9.17, 15) is 14.4 Å². The van der Waals surface area contributed by atoms with Crippen molar-refractivity contribution in [2.45, 2.75) is 39.2 Å². The quantitative estimate of drug-likeness (QED) is 0.374. The number of amides is 2. The van der Waals surface area contributed by atoms with Crippen molar-refractivity contribution in [1.82, 2.24) is 15.5 Å². The Morgan fingerprint density at radius 2 is 2.07 bits per heavy atom. The predicted octanol–water partition coefficient (Wildman–Crippen LogP) is 1.63. The van der Waals surface area contributed by atoms with Crippen molar-refractivity contribution in [3.05, 3.63) is 29.8 Å². The van der Waals surface area contributed by atoms with E-state index in [2.05, 4.69) is 17.6 Å². The molecule has 0 aromatic heterocycles. The molecule has 0 spiro atoms. The van der Waals surface area contributed by atoms with Gasteiger partial charge in [0.2, 0.25) is 5.91 Å². The second-order valence-electron chi connectivity index (χ2n) is 6.47. The number of ether oxygens (including phenoxy) is 2. The van der Waals surface area contributed by atoms with Gasteiger partial charge < -0.3 is 19.7 Å². The normalized spacial score (nSPS) is 16.0. The van der Waals surface area contributed by atoms with Gasteiger partial charge in [-0.25, -0.2) is 0 Å². The molecule has 1 aromatic carbocycles. The first-order valence-corrected chi connectivity index (χ1v) is 10.2. The van der Waals surface area contributed by atoms with Crippen molar-refractivity contribution < 1.29 is 23.9 Å². The Morgan fingerprint density at radius 3 is 2.79 bits per heavy atom. The van der Waals surface area contributed by atoms with E-state index in [1.165, 1.54) is 0 Å². The fourth-order valence-electron chi connectivity index (χ4n) is 2.88. The Morgan fingerprint density at radius 1 is 1.31 bits per heavy atom. The average molecular weight is 422 g/mol. The van der Waals surface area contributed by atoms with Gasteiger partial charge in [0.15, 0.2) is 5.11 Å². The number of hydrogen-bond acceptors (Lipinski definition) is 6. The molecule has 158 valence electrons. The van der Waals surface area contributed by atoms with Crippen LogP contribution < -0.4 is 15.4 Å². The van der Waals surface area contributed by atoms with Gasteiger partial charge >= 0.3 is 5.97 Å². The summed E-state index contributed by atoms with van der Waals surface area (Å²) in [6.07, 6.45) is 1.72. The highest BCUT2D eigenvalue weighted by Crippen LogP contribution is 2.19. The van der Waals surface area contributed by atoms with Gasteiger partial charge in [-0.1, -0.05) is 25.5 Å². The topological polar surface area (TPSA) is 97.0 Å². The van der Waals surface area contributed by atoms with Crippen LogP contribution in [0.5, 0.6) is 5.75 Å². The average Bonchev–Trinajstić information content (AvgIpc) is 2.70. The maximum atomic E-state index is 12.8. The number of para-hydroxylation sites is 1. The molecule has 1 heterocycles. The molecule has 2 N–H and O–H groups in total. The van der Waals surface area contributed by atoms with Crippen LogP contribution in [0.25, 0.3) is 0 Å². The monoisotopic (exact) mass is 421 g/mol. The van der Waals surface area contributed by atoms with Crippen LogP contribution in [0.3, 0.4) is 0 Å². The Hall–Kier alpha value is -2.68. The molecule has 0 bridgehead atoms. The minimum atomic E-state index is -0.827. The van der Waals surface area contributed by atoms with Crippen molar-refractivity contribution in [2.24, 2.45) is 0 Å². The highest BCUT2D eigenvalue weighted by Gasteiger charge is 2.34. The summed E-state index contributed by atoms with van der Waals surface area (Å²) >= 11 is 5.37. The summed E-state index contributed by atoms with van der Waals surface area (Å²) in [5, 5.41) is 5.45. The Bertz CT molecular complexity index is 755. The Balaban J connectivity index is 2.08. The molecule has 0 aliphatic carbocycles. The van der Waals surface area contributed by atoms with Crippen molar-refractivity contribution >= 4 is 35.1 Å². The third kappa shape index (κ3) is 6.42. The molecule has 2 rings (SSSR count). The Kier molecular flexibility index (Phi) is 8.85. The molecule has 1 atom stereocenters. The molecule has 1 unspecified atom stereocenters. The number of carbonyl (C=O) groups is 3. The number of esters is 1. The molecule has 1 aliphatic rings. The zero-order valence-corrected chi connectivity index (χ0v) is 17.5.